The van der Waals surface area contributed by atoms with Gasteiger partial charge in [0.15, 0.2) is 0 Å². The first-order chi connectivity index (χ1) is 15.4. The van der Waals surface area contributed by atoms with Crippen molar-refractivity contribution in [3.8, 4) is 17.0 Å². The number of benzene rings is 1. The van der Waals surface area contributed by atoms with Gasteiger partial charge in [0.2, 0.25) is 0 Å². The van der Waals surface area contributed by atoms with Crippen molar-refractivity contribution in [2.45, 2.75) is 19.0 Å². The summed E-state index contributed by atoms with van der Waals surface area (Å²) in [6.07, 6.45) is 3.12. The number of halogens is 3. The Morgan fingerprint density at radius 1 is 1.22 bits per heavy atom. The molecule has 1 amide bonds. The molecule has 1 aliphatic carbocycles. The second kappa shape index (κ2) is 10.6. The zero-order valence-corrected chi connectivity index (χ0v) is 17.3. The quantitative estimate of drug-likeness (QED) is 0.599. The number of hydrogen-bond acceptors (Lipinski definition) is 6. The van der Waals surface area contributed by atoms with Crippen molar-refractivity contribution in [3.05, 3.63) is 66.0 Å². The van der Waals surface area contributed by atoms with Gasteiger partial charge >= 0.3 is 0 Å². The number of nitrogens with one attached hydrogen (secondary N) is 1. The third-order valence-electron chi connectivity index (χ3n) is 4.87. The third-order valence-corrected chi connectivity index (χ3v) is 4.87. The molecule has 0 saturated heterocycles. The van der Waals surface area contributed by atoms with Crippen molar-refractivity contribution in [3.63, 3.8) is 0 Å². The lowest BCUT2D eigenvalue weighted by molar-refractivity contribution is 0.0997. The lowest BCUT2D eigenvalue weighted by atomic mass is 9.83. The summed E-state index contributed by atoms with van der Waals surface area (Å²) >= 11 is 0. The van der Waals surface area contributed by atoms with Crippen LogP contribution in [0.25, 0.3) is 11.3 Å². The molecule has 4 rings (SSSR count). The number of nitrogens with zero attached hydrogens (tertiary/aromatic N) is 3. The number of nitrogens with two attached hydrogens (primary N) is 1. The highest BCUT2D eigenvalue weighted by molar-refractivity contribution is 5.97. The molecule has 2 heterocycles. The first kappa shape index (κ1) is 23.0. The zero-order valence-electron chi connectivity index (χ0n) is 17.3. The largest absolute Gasteiger partial charge is 0.496 e. The number of pyridine rings is 1. The van der Waals surface area contributed by atoms with Gasteiger partial charge in [-0.25, -0.2) is 13.2 Å². The van der Waals surface area contributed by atoms with Gasteiger partial charge in [-0.1, -0.05) is 0 Å². The molecule has 2 aromatic heterocycles. The number of anilines is 1. The van der Waals surface area contributed by atoms with E-state index in [1.54, 1.807) is 18.2 Å². The van der Waals surface area contributed by atoms with Gasteiger partial charge in [-0.05, 0) is 49.1 Å². The van der Waals surface area contributed by atoms with Crippen LogP contribution in [0.15, 0.2) is 48.8 Å². The second-order valence-electron chi connectivity index (χ2n) is 7.19. The molecule has 1 saturated carbocycles. The fourth-order valence-electron chi connectivity index (χ4n) is 3.09. The van der Waals surface area contributed by atoms with Gasteiger partial charge in [-0.3, -0.25) is 9.78 Å². The SMILES string of the molecule is COc1cc(F)c(-c2ccc(NCC3CC(F)C3)nn2)cc1C(N)=O.Fc1cccnc1. The highest BCUT2D eigenvalue weighted by Crippen LogP contribution is 2.31. The Hall–Kier alpha value is -3.69. The second-order valence-corrected chi connectivity index (χ2v) is 7.19. The van der Waals surface area contributed by atoms with Gasteiger partial charge < -0.3 is 15.8 Å². The van der Waals surface area contributed by atoms with E-state index in [4.69, 9.17) is 10.5 Å². The van der Waals surface area contributed by atoms with E-state index < -0.39 is 17.9 Å². The average Bonchev–Trinajstić information content (AvgIpc) is 2.77. The van der Waals surface area contributed by atoms with Crippen LogP contribution in [0.3, 0.4) is 0 Å². The van der Waals surface area contributed by atoms with Crippen LogP contribution >= 0.6 is 0 Å². The smallest absolute Gasteiger partial charge is 0.252 e. The summed E-state index contributed by atoms with van der Waals surface area (Å²) in [5, 5.41) is 11.1. The number of primary amides is 1. The van der Waals surface area contributed by atoms with Crippen molar-refractivity contribution in [2.75, 3.05) is 19.0 Å². The van der Waals surface area contributed by atoms with Gasteiger partial charge in [0.1, 0.15) is 29.4 Å². The molecule has 0 unspecified atom stereocenters. The van der Waals surface area contributed by atoms with E-state index in [2.05, 4.69) is 20.5 Å². The number of rotatable bonds is 6. The summed E-state index contributed by atoms with van der Waals surface area (Å²) < 4.78 is 43.8. The average molecular weight is 445 g/mol. The zero-order chi connectivity index (χ0) is 23.1. The van der Waals surface area contributed by atoms with E-state index in [0.29, 0.717) is 31.1 Å². The summed E-state index contributed by atoms with van der Waals surface area (Å²) in [7, 11) is 1.33. The summed E-state index contributed by atoms with van der Waals surface area (Å²) in [5.74, 6) is -0.728. The number of alkyl halides is 1. The van der Waals surface area contributed by atoms with Crippen molar-refractivity contribution in [1.29, 1.82) is 0 Å². The molecule has 168 valence electrons. The number of aromatic nitrogens is 3. The summed E-state index contributed by atoms with van der Waals surface area (Å²) in [4.78, 5) is 15.0. The molecular weight excluding hydrogens is 423 g/mol. The summed E-state index contributed by atoms with van der Waals surface area (Å²) in [5.41, 5.74) is 5.73. The third kappa shape index (κ3) is 5.93. The van der Waals surface area contributed by atoms with Gasteiger partial charge in [0.25, 0.3) is 5.91 Å². The van der Waals surface area contributed by atoms with Crippen LogP contribution in [-0.4, -0.2) is 40.9 Å². The monoisotopic (exact) mass is 445 g/mol. The maximum Gasteiger partial charge on any atom is 0.252 e. The molecule has 10 heteroatoms. The molecule has 7 nitrogen and oxygen atoms in total. The van der Waals surface area contributed by atoms with Crippen LogP contribution in [0.2, 0.25) is 0 Å². The molecule has 3 aromatic rings. The van der Waals surface area contributed by atoms with E-state index in [0.717, 1.165) is 6.07 Å². The van der Waals surface area contributed by atoms with E-state index in [1.807, 2.05) is 0 Å². The fraction of sp³-hybridized carbons (Fsp3) is 0.273. The molecule has 0 bridgehead atoms. The molecule has 1 aliphatic rings. The minimum Gasteiger partial charge on any atom is -0.496 e. The maximum absolute atomic E-state index is 14.3. The number of methoxy groups -OCH3 is 1. The number of hydrogen-bond donors (Lipinski definition) is 2. The predicted molar refractivity (Wildman–Crippen MR) is 113 cm³/mol. The van der Waals surface area contributed by atoms with E-state index in [9.17, 15) is 18.0 Å². The van der Waals surface area contributed by atoms with Gasteiger partial charge in [-0.15, -0.1) is 10.2 Å². The molecule has 1 fully saturated rings. The molecule has 32 heavy (non-hydrogen) atoms. The summed E-state index contributed by atoms with van der Waals surface area (Å²) in [6, 6.07) is 8.53. The molecule has 1 aromatic carbocycles. The standard InChI is InChI=1S/C17H18F2N4O2.C5H4FN/c1-25-15-7-13(19)11(6-12(15)17(20)24)14-2-3-16(23-22-14)21-8-9-4-10(18)5-9;6-5-2-1-3-7-4-5/h2-3,6-7,9-10H,4-5,8H2,1H3,(H2,20,24)(H,21,23);1-4H. The minimum absolute atomic E-state index is 0.0617. The number of ether oxygens (including phenoxy) is 1. The predicted octanol–water partition coefficient (Wildman–Crippen LogP) is 3.77. The van der Waals surface area contributed by atoms with E-state index in [1.165, 1.54) is 31.6 Å². The molecular formula is C22H22F3N5O2. The Bertz CT molecular complexity index is 1050. The van der Waals surface area contributed by atoms with Crippen molar-refractivity contribution >= 4 is 11.7 Å². The Morgan fingerprint density at radius 2 is 2.00 bits per heavy atom. The number of amides is 1. The van der Waals surface area contributed by atoms with Crippen molar-refractivity contribution < 1.29 is 22.7 Å². The highest BCUT2D eigenvalue weighted by atomic mass is 19.1. The minimum atomic E-state index is -0.726. The van der Waals surface area contributed by atoms with Gasteiger partial charge in [0.05, 0.1) is 24.6 Å². The normalized spacial score (nSPS) is 16.9. The van der Waals surface area contributed by atoms with Gasteiger partial charge in [-0.2, -0.15) is 0 Å². The first-order valence-electron chi connectivity index (χ1n) is 9.82. The van der Waals surface area contributed by atoms with Gasteiger partial charge in [0, 0.05) is 24.4 Å². The first-order valence-corrected chi connectivity index (χ1v) is 9.82. The lowest BCUT2D eigenvalue weighted by Crippen LogP contribution is -2.30. The maximum atomic E-state index is 14.3. The van der Waals surface area contributed by atoms with Crippen molar-refractivity contribution in [2.24, 2.45) is 11.7 Å². The number of carbonyl (C=O) groups is 1. The Kier molecular flexibility index (Phi) is 7.58. The molecule has 0 aliphatic heterocycles. The molecule has 3 N–H and O–H groups in total. The van der Waals surface area contributed by atoms with Crippen LogP contribution in [0.4, 0.5) is 19.0 Å². The van der Waals surface area contributed by atoms with E-state index in [-0.39, 0.29) is 28.4 Å². The van der Waals surface area contributed by atoms with Crippen LogP contribution < -0.4 is 15.8 Å². The Labute approximate surface area is 182 Å². The summed E-state index contributed by atoms with van der Waals surface area (Å²) in [6.45, 7) is 0.622. The highest BCUT2D eigenvalue weighted by Gasteiger charge is 2.28. The fourth-order valence-corrected chi connectivity index (χ4v) is 3.09. The van der Waals surface area contributed by atoms with Crippen LogP contribution in [0.1, 0.15) is 23.2 Å². The van der Waals surface area contributed by atoms with Crippen LogP contribution in [0, 0.1) is 17.6 Å². The molecule has 0 spiro atoms. The van der Waals surface area contributed by atoms with Crippen LogP contribution in [-0.2, 0) is 0 Å². The molecule has 0 atom stereocenters. The topological polar surface area (TPSA) is 103 Å². The van der Waals surface area contributed by atoms with E-state index >= 15 is 0 Å². The van der Waals surface area contributed by atoms with Crippen LogP contribution in [0.5, 0.6) is 5.75 Å². The Balaban J connectivity index is 0.000000352. The Morgan fingerprint density at radius 3 is 2.50 bits per heavy atom. The number of carbonyl (C=O) groups excluding carboxylic acids is 1. The lowest BCUT2D eigenvalue weighted by Gasteiger charge is -2.29. The molecule has 0 radical (unpaired) electrons. The van der Waals surface area contributed by atoms with Crippen molar-refractivity contribution in [1.82, 2.24) is 15.2 Å².